The Morgan fingerprint density at radius 3 is 2.75 bits per heavy atom. The minimum atomic E-state index is -0.636. The van der Waals surface area contributed by atoms with Crippen LogP contribution in [0.15, 0.2) is 12.1 Å². The molecule has 3 nitrogen and oxygen atoms in total. The summed E-state index contributed by atoms with van der Waals surface area (Å²) >= 11 is 1.86. The number of carbonyl (C=O) groups is 1. The number of hydrogen-bond acceptors (Lipinski definition) is 3. The van der Waals surface area contributed by atoms with Gasteiger partial charge in [0.15, 0.2) is 0 Å². The number of hydrogen-bond donors (Lipinski definition) is 2. The van der Waals surface area contributed by atoms with Gasteiger partial charge in [-0.1, -0.05) is 27.2 Å². The van der Waals surface area contributed by atoms with Crippen LogP contribution in [0.5, 0.6) is 0 Å². The quantitative estimate of drug-likeness (QED) is 0.888. The summed E-state index contributed by atoms with van der Waals surface area (Å²) in [5, 5.41) is 12.6. The molecule has 4 heteroatoms. The zero-order valence-corrected chi connectivity index (χ0v) is 13.4. The van der Waals surface area contributed by atoms with Crippen molar-refractivity contribution in [2.24, 2.45) is 5.92 Å². The molecular formula is C16H25NO2S. The van der Waals surface area contributed by atoms with Gasteiger partial charge in [-0.05, 0) is 36.8 Å². The predicted octanol–water partition coefficient (Wildman–Crippen LogP) is 3.78. The van der Waals surface area contributed by atoms with Crippen LogP contribution < -0.4 is 5.32 Å². The van der Waals surface area contributed by atoms with Crippen molar-refractivity contribution < 1.29 is 9.90 Å². The maximum Gasteiger partial charge on any atom is 0.306 e. The lowest BCUT2D eigenvalue weighted by atomic mass is 9.86. The van der Waals surface area contributed by atoms with Gasteiger partial charge in [-0.25, -0.2) is 0 Å². The van der Waals surface area contributed by atoms with Gasteiger partial charge in [-0.3, -0.25) is 4.79 Å². The summed E-state index contributed by atoms with van der Waals surface area (Å²) in [7, 11) is 0. The van der Waals surface area contributed by atoms with Crippen LogP contribution in [0.25, 0.3) is 0 Å². The Hall–Kier alpha value is -0.870. The third-order valence-electron chi connectivity index (χ3n) is 3.99. The molecule has 1 aromatic heterocycles. The van der Waals surface area contributed by atoms with Gasteiger partial charge >= 0.3 is 5.97 Å². The van der Waals surface area contributed by atoms with E-state index in [4.69, 9.17) is 5.11 Å². The second-order valence-corrected chi connectivity index (χ2v) is 7.96. The zero-order valence-electron chi connectivity index (χ0n) is 12.6. The average molecular weight is 295 g/mol. The van der Waals surface area contributed by atoms with Crippen molar-refractivity contribution in [3.63, 3.8) is 0 Å². The van der Waals surface area contributed by atoms with E-state index in [1.807, 2.05) is 11.3 Å². The van der Waals surface area contributed by atoms with Crippen LogP contribution in [0.2, 0.25) is 0 Å². The molecule has 0 aliphatic heterocycles. The Labute approximate surface area is 125 Å². The molecule has 0 saturated heterocycles. The lowest BCUT2D eigenvalue weighted by Crippen LogP contribution is -2.35. The fraction of sp³-hybridized carbons (Fsp3) is 0.688. The molecule has 1 aromatic rings. The molecule has 2 N–H and O–H groups in total. The van der Waals surface area contributed by atoms with Crippen molar-refractivity contribution in [2.45, 2.75) is 64.5 Å². The van der Waals surface area contributed by atoms with Crippen LogP contribution in [0.1, 0.15) is 56.2 Å². The average Bonchev–Trinajstić information content (AvgIpc) is 2.85. The molecule has 2 unspecified atom stereocenters. The molecule has 0 aromatic carbocycles. The maximum absolute atomic E-state index is 11.1. The minimum Gasteiger partial charge on any atom is -0.481 e. The smallest absolute Gasteiger partial charge is 0.306 e. The van der Waals surface area contributed by atoms with E-state index in [-0.39, 0.29) is 11.3 Å². The van der Waals surface area contributed by atoms with Crippen LogP contribution in [0.3, 0.4) is 0 Å². The number of rotatable bonds is 4. The van der Waals surface area contributed by atoms with Gasteiger partial charge in [0.05, 0.1) is 5.92 Å². The largest absolute Gasteiger partial charge is 0.481 e. The molecule has 1 heterocycles. The number of carboxylic acid groups (broad SMARTS) is 1. The van der Waals surface area contributed by atoms with Crippen LogP contribution >= 0.6 is 11.3 Å². The molecule has 0 amide bonds. The third kappa shape index (κ3) is 4.06. The highest BCUT2D eigenvalue weighted by Crippen LogP contribution is 2.30. The lowest BCUT2D eigenvalue weighted by molar-refractivity contribution is -0.143. The Balaban J connectivity index is 1.86. The lowest BCUT2D eigenvalue weighted by Gasteiger charge is -2.27. The molecule has 0 bridgehead atoms. The summed E-state index contributed by atoms with van der Waals surface area (Å²) in [5.41, 5.74) is 0.210. The van der Waals surface area contributed by atoms with E-state index in [9.17, 15) is 4.79 Å². The van der Waals surface area contributed by atoms with E-state index in [1.165, 1.54) is 9.75 Å². The summed E-state index contributed by atoms with van der Waals surface area (Å²) in [4.78, 5) is 13.8. The highest BCUT2D eigenvalue weighted by molar-refractivity contribution is 7.12. The SMILES string of the molecule is CC(C)(C)c1ccc(CNC2CCCC(C(=O)O)C2)s1. The van der Waals surface area contributed by atoms with E-state index < -0.39 is 5.97 Å². The normalized spacial score (nSPS) is 23.8. The molecular weight excluding hydrogens is 270 g/mol. The molecule has 112 valence electrons. The fourth-order valence-corrected chi connectivity index (χ4v) is 3.74. The van der Waals surface area contributed by atoms with E-state index in [1.54, 1.807) is 0 Å². The first kappa shape index (κ1) is 15.5. The second kappa shape index (κ2) is 6.27. The van der Waals surface area contributed by atoms with Crippen molar-refractivity contribution >= 4 is 17.3 Å². The molecule has 0 spiro atoms. The summed E-state index contributed by atoms with van der Waals surface area (Å²) in [6.07, 6.45) is 3.72. The third-order valence-corrected chi connectivity index (χ3v) is 5.50. The highest BCUT2D eigenvalue weighted by Gasteiger charge is 2.26. The monoisotopic (exact) mass is 295 g/mol. The predicted molar refractivity (Wildman–Crippen MR) is 83.2 cm³/mol. The summed E-state index contributed by atoms with van der Waals surface area (Å²) in [6, 6.07) is 4.75. The summed E-state index contributed by atoms with van der Waals surface area (Å²) < 4.78 is 0. The van der Waals surface area contributed by atoms with Gasteiger partial charge in [0.2, 0.25) is 0 Å². The van der Waals surface area contributed by atoms with Crippen LogP contribution in [0.4, 0.5) is 0 Å². The second-order valence-electron chi connectivity index (χ2n) is 6.80. The zero-order chi connectivity index (χ0) is 14.8. The molecule has 2 rings (SSSR count). The molecule has 1 aliphatic rings. The summed E-state index contributed by atoms with van der Waals surface area (Å²) in [5.74, 6) is -0.794. The Morgan fingerprint density at radius 2 is 2.15 bits per heavy atom. The van der Waals surface area contributed by atoms with Crippen molar-refractivity contribution in [3.05, 3.63) is 21.9 Å². The number of aliphatic carboxylic acids is 1. The minimum absolute atomic E-state index is 0.158. The first-order valence-corrected chi connectivity index (χ1v) is 8.23. The van der Waals surface area contributed by atoms with Gasteiger partial charge in [0, 0.05) is 22.3 Å². The van der Waals surface area contributed by atoms with Crippen molar-refractivity contribution in [2.75, 3.05) is 0 Å². The van der Waals surface area contributed by atoms with Crippen LogP contribution in [-0.4, -0.2) is 17.1 Å². The van der Waals surface area contributed by atoms with Gasteiger partial charge in [0.25, 0.3) is 0 Å². The van der Waals surface area contributed by atoms with E-state index in [2.05, 4.69) is 38.2 Å². The molecule has 2 atom stereocenters. The van der Waals surface area contributed by atoms with E-state index in [0.29, 0.717) is 6.04 Å². The first-order valence-electron chi connectivity index (χ1n) is 7.41. The highest BCUT2D eigenvalue weighted by atomic mass is 32.1. The van der Waals surface area contributed by atoms with Crippen molar-refractivity contribution in [1.82, 2.24) is 5.32 Å². The Bertz CT molecular complexity index is 461. The Kier molecular flexibility index (Phi) is 4.86. The van der Waals surface area contributed by atoms with E-state index >= 15 is 0 Å². The number of nitrogens with one attached hydrogen (secondary N) is 1. The molecule has 1 fully saturated rings. The topological polar surface area (TPSA) is 49.3 Å². The molecule has 1 saturated carbocycles. The van der Waals surface area contributed by atoms with Crippen LogP contribution in [-0.2, 0) is 16.8 Å². The van der Waals surface area contributed by atoms with Crippen molar-refractivity contribution in [1.29, 1.82) is 0 Å². The van der Waals surface area contributed by atoms with Crippen molar-refractivity contribution in [3.8, 4) is 0 Å². The number of carboxylic acids is 1. The Morgan fingerprint density at radius 1 is 1.40 bits per heavy atom. The molecule has 20 heavy (non-hydrogen) atoms. The standard InChI is InChI=1S/C16H25NO2S/c1-16(2,3)14-8-7-13(20-14)10-17-12-6-4-5-11(9-12)15(18)19/h7-8,11-12,17H,4-6,9-10H2,1-3H3,(H,18,19). The van der Waals surface area contributed by atoms with Gasteiger partial charge in [-0.15, -0.1) is 11.3 Å². The van der Waals surface area contributed by atoms with Gasteiger partial charge in [0.1, 0.15) is 0 Å². The van der Waals surface area contributed by atoms with Gasteiger partial charge < -0.3 is 10.4 Å². The molecule has 0 radical (unpaired) electrons. The molecule has 1 aliphatic carbocycles. The summed E-state index contributed by atoms with van der Waals surface area (Å²) in [6.45, 7) is 7.55. The van der Waals surface area contributed by atoms with Gasteiger partial charge in [-0.2, -0.15) is 0 Å². The fourth-order valence-electron chi connectivity index (χ4n) is 2.72. The number of thiophene rings is 1. The maximum atomic E-state index is 11.1. The van der Waals surface area contributed by atoms with E-state index in [0.717, 1.165) is 32.2 Å². The first-order chi connectivity index (χ1) is 9.36. The van der Waals surface area contributed by atoms with Crippen LogP contribution in [0, 0.1) is 5.92 Å².